The number of rotatable bonds is 5. The topological polar surface area (TPSA) is 61.6 Å². The average Bonchev–Trinajstić information content (AvgIpc) is 2.68. The molecule has 1 aliphatic rings. The minimum Gasteiger partial charge on any atom is -0.343 e. The zero-order valence-corrected chi connectivity index (χ0v) is 9.70. The second kappa shape index (κ2) is 6.05. The number of amides is 1. The maximum atomic E-state index is 11.8. The van der Waals surface area contributed by atoms with Gasteiger partial charge in [-0.25, -0.2) is 0 Å². The van der Waals surface area contributed by atoms with Crippen molar-refractivity contribution in [2.24, 2.45) is 5.73 Å². The van der Waals surface area contributed by atoms with Crippen LogP contribution < -0.4 is 11.2 Å². The van der Waals surface area contributed by atoms with Gasteiger partial charge in [0.1, 0.15) is 0 Å². The number of likely N-dealkylation sites (tertiary alicyclic amines) is 1. The number of nitrogens with one attached hydrogen (secondary N) is 1. The standard InChI is InChI=1S/C10H22N4O/c1-13(2)12-9(8-11)7-10(15)14-5-3-4-6-14/h9,12H,3-8,11H2,1-2H3. The van der Waals surface area contributed by atoms with Gasteiger partial charge in [-0.3, -0.25) is 15.2 Å². The van der Waals surface area contributed by atoms with E-state index in [1.165, 1.54) is 0 Å². The molecule has 0 aromatic heterocycles. The summed E-state index contributed by atoms with van der Waals surface area (Å²) < 4.78 is 0. The molecule has 0 saturated carbocycles. The molecule has 1 saturated heterocycles. The zero-order chi connectivity index (χ0) is 11.3. The average molecular weight is 214 g/mol. The van der Waals surface area contributed by atoms with Crippen molar-refractivity contribution in [2.45, 2.75) is 25.3 Å². The highest BCUT2D eigenvalue weighted by Gasteiger charge is 2.21. The molecule has 1 rings (SSSR count). The van der Waals surface area contributed by atoms with Crippen LogP contribution in [0.25, 0.3) is 0 Å². The van der Waals surface area contributed by atoms with Gasteiger partial charge < -0.3 is 10.6 Å². The third-order valence-corrected chi connectivity index (χ3v) is 2.61. The number of hydrogen-bond donors (Lipinski definition) is 2. The van der Waals surface area contributed by atoms with Gasteiger partial charge in [0, 0.05) is 46.2 Å². The number of nitrogens with zero attached hydrogens (tertiary/aromatic N) is 2. The van der Waals surface area contributed by atoms with Crippen molar-refractivity contribution < 1.29 is 4.79 Å². The van der Waals surface area contributed by atoms with Crippen molar-refractivity contribution in [2.75, 3.05) is 33.7 Å². The molecule has 0 aromatic carbocycles. The van der Waals surface area contributed by atoms with E-state index in [-0.39, 0.29) is 11.9 Å². The molecule has 1 atom stereocenters. The summed E-state index contributed by atoms with van der Waals surface area (Å²) in [6.07, 6.45) is 2.77. The first-order chi connectivity index (χ1) is 7.13. The van der Waals surface area contributed by atoms with Crippen LogP contribution in [0.5, 0.6) is 0 Å². The summed E-state index contributed by atoms with van der Waals surface area (Å²) in [6, 6.07) is 0.0492. The lowest BCUT2D eigenvalue weighted by Crippen LogP contribution is -2.47. The number of carbonyl (C=O) groups is 1. The molecule has 5 nitrogen and oxygen atoms in total. The summed E-state index contributed by atoms with van der Waals surface area (Å²) in [6.45, 7) is 2.31. The molecule has 1 aliphatic heterocycles. The first kappa shape index (κ1) is 12.4. The summed E-state index contributed by atoms with van der Waals surface area (Å²) in [7, 11) is 3.81. The Morgan fingerprint density at radius 3 is 2.53 bits per heavy atom. The van der Waals surface area contributed by atoms with Gasteiger partial charge in [-0.05, 0) is 12.8 Å². The lowest BCUT2D eigenvalue weighted by Gasteiger charge is -2.23. The molecule has 0 bridgehead atoms. The van der Waals surface area contributed by atoms with Crippen LogP contribution in [0.2, 0.25) is 0 Å². The fourth-order valence-electron chi connectivity index (χ4n) is 1.85. The van der Waals surface area contributed by atoms with Crippen molar-refractivity contribution >= 4 is 5.91 Å². The summed E-state index contributed by atoms with van der Waals surface area (Å²) in [5, 5.41) is 1.84. The number of nitrogens with two attached hydrogens (primary N) is 1. The SMILES string of the molecule is CN(C)NC(CN)CC(=O)N1CCCC1. The molecule has 5 heteroatoms. The molecule has 1 heterocycles. The van der Waals surface area contributed by atoms with Gasteiger partial charge in [0.15, 0.2) is 0 Å². The number of hydrogen-bond acceptors (Lipinski definition) is 4. The highest BCUT2D eigenvalue weighted by atomic mass is 16.2. The van der Waals surface area contributed by atoms with E-state index in [2.05, 4.69) is 5.43 Å². The molecule has 0 aliphatic carbocycles. The van der Waals surface area contributed by atoms with Crippen molar-refractivity contribution in [3.05, 3.63) is 0 Å². The molecule has 0 radical (unpaired) electrons. The fourth-order valence-corrected chi connectivity index (χ4v) is 1.85. The molecule has 1 fully saturated rings. The first-order valence-corrected chi connectivity index (χ1v) is 5.55. The van der Waals surface area contributed by atoms with Crippen molar-refractivity contribution in [3.8, 4) is 0 Å². The van der Waals surface area contributed by atoms with Crippen LogP contribution in [0, 0.1) is 0 Å². The largest absolute Gasteiger partial charge is 0.343 e. The van der Waals surface area contributed by atoms with Crippen LogP contribution in [0.4, 0.5) is 0 Å². The number of carbonyl (C=O) groups excluding carboxylic acids is 1. The Bertz CT molecular complexity index is 202. The third-order valence-electron chi connectivity index (χ3n) is 2.61. The maximum absolute atomic E-state index is 11.8. The third kappa shape index (κ3) is 4.15. The van der Waals surface area contributed by atoms with Gasteiger partial charge in [0.25, 0.3) is 0 Å². The lowest BCUT2D eigenvalue weighted by atomic mass is 10.2. The van der Waals surface area contributed by atoms with Gasteiger partial charge in [0.05, 0.1) is 0 Å². The van der Waals surface area contributed by atoms with E-state index in [0.29, 0.717) is 13.0 Å². The van der Waals surface area contributed by atoms with E-state index >= 15 is 0 Å². The Morgan fingerprint density at radius 1 is 1.47 bits per heavy atom. The quantitative estimate of drug-likeness (QED) is 0.600. The Kier molecular flexibility index (Phi) is 5.01. The Morgan fingerprint density at radius 2 is 2.07 bits per heavy atom. The molecular formula is C10H22N4O. The van der Waals surface area contributed by atoms with E-state index in [1.807, 2.05) is 24.0 Å². The van der Waals surface area contributed by atoms with Gasteiger partial charge >= 0.3 is 0 Å². The highest BCUT2D eigenvalue weighted by molar-refractivity contribution is 5.77. The smallest absolute Gasteiger partial charge is 0.224 e. The zero-order valence-electron chi connectivity index (χ0n) is 9.70. The lowest BCUT2D eigenvalue weighted by molar-refractivity contribution is -0.130. The van der Waals surface area contributed by atoms with Crippen molar-refractivity contribution in [1.29, 1.82) is 0 Å². The Labute approximate surface area is 91.6 Å². The van der Waals surface area contributed by atoms with E-state index in [0.717, 1.165) is 25.9 Å². The van der Waals surface area contributed by atoms with Gasteiger partial charge in [0.2, 0.25) is 5.91 Å². The van der Waals surface area contributed by atoms with Crippen molar-refractivity contribution in [1.82, 2.24) is 15.3 Å². The summed E-state index contributed by atoms with van der Waals surface area (Å²) in [5.74, 6) is 0.220. The first-order valence-electron chi connectivity index (χ1n) is 5.55. The van der Waals surface area contributed by atoms with Crippen molar-refractivity contribution in [3.63, 3.8) is 0 Å². The highest BCUT2D eigenvalue weighted by Crippen LogP contribution is 2.09. The number of hydrazine groups is 1. The minimum atomic E-state index is 0.0492. The normalized spacial score (nSPS) is 18.5. The van der Waals surface area contributed by atoms with Crippen LogP contribution in [0.15, 0.2) is 0 Å². The molecule has 3 N–H and O–H groups in total. The molecule has 88 valence electrons. The molecule has 15 heavy (non-hydrogen) atoms. The molecule has 1 unspecified atom stereocenters. The second-order valence-corrected chi connectivity index (χ2v) is 4.25. The predicted octanol–water partition coefficient (Wildman–Crippen LogP) is -0.608. The van der Waals surface area contributed by atoms with E-state index in [9.17, 15) is 4.79 Å². The summed E-state index contributed by atoms with van der Waals surface area (Å²) in [5.41, 5.74) is 8.75. The molecule has 0 spiro atoms. The second-order valence-electron chi connectivity index (χ2n) is 4.25. The fraction of sp³-hybridized carbons (Fsp3) is 0.900. The van der Waals surface area contributed by atoms with E-state index in [4.69, 9.17) is 5.73 Å². The minimum absolute atomic E-state index is 0.0492. The van der Waals surface area contributed by atoms with Crippen LogP contribution >= 0.6 is 0 Å². The maximum Gasteiger partial charge on any atom is 0.224 e. The van der Waals surface area contributed by atoms with Crippen LogP contribution in [0.3, 0.4) is 0 Å². The monoisotopic (exact) mass is 214 g/mol. The van der Waals surface area contributed by atoms with Crippen LogP contribution in [-0.2, 0) is 4.79 Å². The Hall–Kier alpha value is -0.650. The summed E-state index contributed by atoms with van der Waals surface area (Å²) >= 11 is 0. The van der Waals surface area contributed by atoms with Crippen LogP contribution in [0.1, 0.15) is 19.3 Å². The summed E-state index contributed by atoms with van der Waals surface area (Å²) in [4.78, 5) is 13.7. The van der Waals surface area contributed by atoms with Gasteiger partial charge in [-0.1, -0.05) is 0 Å². The van der Waals surface area contributed by atoms with Gasteiger partial charge in [-0.2, -0.15) is 0 Å². The predicted molar refractivity (Wildman–Crippen MR) is 60.1 cm³/mol. The van der Waals surface area contributed by atoms with Crippen LogP contribution in [-0.4, -0.2) is 55.6 Å². The molecule has 0 aromatic rings. The Balaban J connectivity index is 2.33. The molecular weight excluding hydrogens is 192 g/mol. The van der Waals surface area contributed by atoms with Gasteiger partial charge in [-0.15, -0.1) is 0 Å². The van der Waals surface area contributed by atoms with E-state index in [1.54, 1.807) is 0 Å². The van der Waals surface area contributed by atoms with E-state index < -0.39 is 0 Å². The molecule has 1 amide bonds.